The first-order valence-electron chi connectivity index (χ1n) is 15.7. The van der Waals surface area contributed by atoms with Gasteiger partial charge in [0, 0.05) is 30.9 Å². The van der Waals surface area contributed by atoms with Gasteiger partial charge in [-0.25, -0.2) is 4.98 Å². The fourth-order valence-electron chi connectivity index (χ4n) is 7.30. The number of pyridine rings is 1. The lowest BCUT2D eigenvalue weighted by Gasteiger charge is -2.39. The van der Waals surface area contributed by atoms with Crippen LogP contribution in [-0.2, 0) is 17.8 Å². The van der Waals surface area contributed by atoms with Crippen molar-refractivity contribution in [3.63, 3.8) is 0 Å². The van der Waals surface area contributed by atoms with Gasteiger partial charge in [0.2, 0.25) is 5.88 Å². The Morgan fingerprint density at radius 1 is 1.05 bits per heavy atom. The van der Waals surface area contributed by atoms with Crippen LogP contribution >= 0.6 is 0 Å². The molecule has 1 aromatic heterocycles. The van der Waals surface area contributed by atoms with Crippen LogP contribution in [0.5, 0.6) is 11.6 Å². The van der Waals surface area contributed by atoms with Crippen molar-refractivity contribution in [2.45, 2.75) is 96.4 Å². The number of hydrogen-bond acceptors (Lipinski definition) is 5. The lowest BCUT2D eigenvalue weighted by Crippen LogP contribution is -2.43. The Morgan fingerprint density at radius 3 is 2.55 bits per heavy atom. The van der Waals surface area contributed by atoms with Crippen molar-refractivity contribution in [1.29, 1.82) is 0 Å². The van der Waals surface area contributed by atoms with E-state index in [2.05, 4.69) is 66.2 Å². The maximum absolute atomic E-state index is 11.9. The molecule has 1 saturated heterocycles. The summed E-state index contributed by atoms with van der Waals surface area (Å²) in [6, 6.07) is 18.4. The number of nitrogens with zero attached hydrogens (tertiary/aromatic N) is 2. The van der Waals surface area contributed by atoms with Crippen molar-refractivity contribution in [1.82, 2.24) is 9.88 Å². The van der Waals surface area contributed by atoms with Crippen molar-refractivity contribution in [2.75, 3.05) is 7.11 Å². The highest BCUT2D eigenvalue weighted by molar-refractivity contribution is 5.71. The maximum Gasteiger partial charge on any atom is 0.306 e. The molecule has 2 fully saturated rings. The Labute approximate surface area is 250 Å². The standard InChI is InChI=1S/C36H44N2O4/c1-22-6-5-7-23(2)38(22)21-30-18-28(12-14-31(30)27-16-17-37-34(20-27)41-4)32-15-13-25-8-11-29(19-33(25)42-32)35(26-9-10-26)24(3)36(39)40/h8,11-12,14,16-20,22-24,26,32,35H,5-7,9-10,13,15,21H2,1-4H3,(H,39,40)/t22-,23-,24-,32-,35-/m0/s1. The Balaban J connectivity index is 1.32. The van der Waals surface area contributed by atoms with Crippen LogP contribution in [0.1, 0.15) is 93.6 Å². The Morgan fingerprint density at radius 2 is 1.83 bits per heavy atom. The third kappa shape index (κ3) is 5.92. The number of aromatic nitrogens is 1. The summed E-state index contributed by atoms with van der Waals surface area (Å²) in [7, 11) is 1.66. The van der Waals surface area contributed by atoms with Crippen LogP contribution < -0.4 is 9.47 Å². The van der Waals surface area contributed by atoms with E-state index < -0.39 is 11.9 Å². The molecule has 3 aliphatic rings. The maximum atomic E-state index is 11.9. The number of rotatable bonds is 9. The van der Waals surface area contributed by atoms with Crippen LogP contribution in [0.3, 0.4) is 0 Å². The second-order valence-corrected chi connectivity index (χ2v) is 12.8. The predicted octanol–water partition coefficient (Wildman–Crippen LogP) is 7.80. The van der Waals surface area contributed by atoms with E-state index in [1.165, 1.54) is 41.5 Å². The molecule has 0 radical (unpaired) electrons. The Bertz CT molecular complexity index is 1420. The molecule has 222 valence electrons. The zero-order valence-electron chi connectivity index (χ0n) is 25.4. The second kappa shape index (κ2) is 12.1. The predicted molar refractivity (Wildman–Crippen MR) is 165 cm³/mol. The molecule has 3 heterocycles. The average molecular weight is 569 g/mol. The molecule has 0 spiro atoms. The van der Waals surface area contributed by atoms with Crippen LogP contribution in [0.2, 0.25) is 0 Å². The fraction of sp³-hybridized carbons (Fsp3) is 0.500. The smallest absolute Gasteiger partial charge is 0.306 e. The van der Waals surface area contributed by atoms with Gasteiger partial charge in [0.1, 0.15) is 11.9 Å². The van der Waals surface area contributed by atoms with Gasteiger partial charge >= 0.3 is 5.97 Å². The molecule has 42 heavy (non-hydrogen) atoms. The van der Waals surface area contributed by atoms with Gasteiger partial charge in [0.15, 0.2) is 0 Å². The number of methoxy groups -OCH3 is 1. The van der Waals surface area contributed by atoms with E-state index in [0.29, 0.717) is 23.9 Å². The van der Waals surface area contributed by atoms with Crippen LogP contribution in [0.15, 0.2) is 54.7 Å². The fourth-order valence-corrected chi connectivity index (χ4v) is 7.30. The summed E-state index contributed by atoms with van der Waals surface area (Å²) in [5, 5.41) is 9.78. The largest absolute Gasteiger partial charge is 0.485 e. The highest BCUT2D eigenvalue weighted by Gasteiger charge is 2.39. The number of aryl methyl sites for hydroxylation is 1. The van der Waals surface area contributed by atoms with Gasteiger partial charge < -0.3 is 14.6 Å². The van der Waals surface area contributed by atoms with Crippen molar-refractivity contribution in [3.05, 3.63) is 77.0 Å². The lowest BCUT2D eigenvalue weighted by molar-refractivity contribution is -0.142. The summed E-state index contributed by atoms with van der Waals surface area (Å²) < 4.78 is 12.2. The molecule has 0 unspecified atom stereocenters. The monoisotopic (exact) mass is 568 g/mol. The van der Waals surface area contributed by atoms with Crippen molar-refractivity contribution >= 4 is 5.97 Å². The number of benzene rings is 2. The topological polar surface area (TPSA) is 71.9 Å². The number of piperidine rings is 1. The summed E-state index contributed by atoms with van der Waals surface area (Å²) in [6.45, 7) is 7.45. The Kier molecular flexibility index (Phi) is 8.26. The zero-order valence-corrected chi connectivity index (χ0v) is 25.4. The normalized spacial score (nSPS) is 23.9. The minimum atomic E-state index is -0.722. The molecule has 0 bridgehead atoms. The lowest BCUT2D eigenvalue weighted by atomic mass is 9.82. The van der Waals surface area contributed by atoms with Gasteiger partial charge in [-0.2, -0.15) is 0 Å². The van der Waals surface area contributed by atoms with E-state index in [9.17, 15) is 9.90 Å². The van der Waals surface area contributed by atoms with Gasteiger partial charge in [-0.15, -0.1) is 0 Å². The SMILES string of the molecule is COc1cc(-c2ccc([C@@H]3CCc4ccc([C@H](C5CC5)[C@H](C)C(=O)O)cc4O3)cc2CN2[C@@H](C)CCC[C@@H]2C)ccn1. The first kappa shape index (κ1) is 28.7. The molecule has 6 heteroatoms. The van der Waals surface area contributed by atoms with E-state index in [0.717, 1.165) is 49.1 Å². The van der Waals surface area contributed by atoms with Crippen LogP contribution in [0, 0.1) is 11.8 Å². The van der Waals surface area contributed by atoms with Gasteiger partial charge in [-0.1, -0.05) is 43.7 Å². The van der Waals surface area contributed by atoms with E-state index in [-0.39, 0.29) is 12.0 Å². The minimum absolute atomic E-state index is 0.0357. The van der Waals surface area contributed by atoms with Crippen LogP contribution in [-0.4, -0.2) is 40.2 Å². The van der Waals surface area contributed by atoms with Gasteiger partial charge in [-0.05, 0) is 110 Å². The number of fused-ring (bicyclic) bond motifs is 1. The van der Waals surface area contributed by atoms with Crippen molar-refractivity contribution in [3.8, 4) is 22.8 Å². The molecule has 0 amide bonds. The first-order valence-corrected chi connectivity index (χ1v) is 15.7. The summed E-state index contributed by atoms with van der Waals surface area (Å²) >= 11 is 0. The quantitative estimate of drug-likeness (QED) is 0.284. The highest BCUT2D eigenvalue weighted by atomic mass is 16.5. The summed E-state index contributed by atoms with van der Waals surface area (Å²) in [5.41, 5.74) is 7.12. The van der Waals surface area contributed by atoms with Gasteiger partial charge in [-0.3, -0.25) is 9.69 Å². The zero-order chi connectivity index (χ0) is 29.4. The number of carboxylic acids is 1. The van der Waals surface area contributed by atoms with E-state index in [1.54, 1.807) is 7.11 Å². The van der Waals surface area contributed by atoms with E-state index >= 15 is 0 Å². The third-order valence-corrected chi connectivity index (χ3v) is 9.96. The summed E-state index contributed by atoms with van der Waals surface area (Å²) in [6.07, 6.45) is 9.61. The van der Waals surface area contributed by atoms with Gasteiger partial charge in [0.25, 0.3) is 0 Å². The van der Waals surface area contributed by atoms with Crippen LogP contribution in [0.25, 0.3) is 11.1 Å². The number of likely N-dealkylation sites (tertiary alicyclic amines) is 1. The summed E-state index contributed by atoms with van der Waals surface area (Å²) in [5.74, 6) is 0.891. The van der Waals surface area contributed by atoms with Crippen LogP contribution in [0.4, 0.5) is 0 Å². The molecule has 2 aromatic carbocycles. The Hall–Kier alpha value is -3.38. The minimum Gasteiger partial charge on any atom is -0.485 e. The molecule has 6 rings (SSSR count). The molecule has 6 nitrogen and oxygen atoms in total. The molecule has 1 N–H and O–H groups in total. The second-order valence-electron chi connectivity index (χ2n) is 12.8. The highest BCUT2D eigenvalue weighted by Crippen LogP contribution is 2.48. The molecular formula is C36H44N2O4. The average Bonchev–Trinajstić information content (AvgIpc) is 3.84. The molecule has 2 aliphatic heterocycles. The van der Waals surface area contributed by atoms with E-state index in [1.807, 2.05) is 19.2 Å². The number of ether oxygens (including phenoxy) is 2. The number of carboxylic acid groups (broad SMARTS) is 1. The van der Waals surface area contributed by atoms with Gasteiger partial charge in [0.05, 0.1) is 13.0 Å². The number of hydrogen-bond donors (Lipinski definition) is 1. The third-order valence-electron chi connectivity index (χ3n) is 9.96. The van der Waals surface area contributed by atoms with E-state index in [4.69, 9.17) is 9.47 Å². The number of carbonyl (C=O) groups is 1. The molecule has 1 saturated carbocycles. The molecule has 1 aliphatic carbocycles. The molecule has 3 aromatic rings. The molecule has 5 atom stereocenters. The molecular weight excluding hydrogens is 524 g/mol. The number of aliphatic carboxylic acids is 1. The van der Waals surface area contributed by atoms with Crippen molar-refractivity contribution < 1.29 is 19.4 Å². The summed E-state index contributed by atoms with van der Waals surface area (Å²) in [4.78, 5) is 18.9. The first-order chi connectivity index (χ1) is 20.3. The van der Waals surface area contributed by atoms with Crippen molar-refractivity contribution in [2.24, 2.45) is 11.8 Å².